The molecule has 4 rings (SSSR count). The van der Waals surface area contributed by atoms with Crippen molar-refractivity contribution in [1.29, 1.82) is 0 Å². The number of likely N-dealkylation sites (tertiary alicyclic amines) is 1. The van der Waals surface area contributed by atoms with Crippen LogP contribution in [0.3, 0.4) is 0 Å². The molecule has 3 heterocycles. The van der Waals surface area contributed by atoms with Gasteiger partial charge in [-0.15, -0.1) is 0 Å². The van der Waals surface area contributed by atoms with E-state index in [1.807, 2.05) is 33.9 Å². The van der Waals surface area contributed by atoms with Crippen LogP contribution >= 0.6 is 27.7 Å². The van der Waals surface area contributed by atoms with Crippen LogP contribution in [0.2, 0.25) is 0 Å². The lowest BCUT2D eigenvalue weighted by Gasteiger charge is -2.20. The first kappa shape index (κ1) is 19.3. The number of carbonyl (C=O) groups is 3. The molecule has 146 valence electrons. The third kappa shape index (κ3) is 4.03. The Kier molecular flexibility index (Phi) is 5.59. The zero-order valence-corrected chi connectivity index (χ0v) is 17.6. The first-order valence-corrected chi connectivity index (χ1v) is 10.9. The Morgan fingerprint density at radius 1 is 1.18 bits per heavy atom. The topological polar surface area (TPSA) is 71.4 Å². The average molecular weight is 462 g/mol. The molecule has 0 spiro atoms. The van der Waals surface area contributed by atoms with Crippen molar-refractivity contribution in [2.45, 2.75) is 32.2 Å². The molecule has 0 atom stereocenters. The average Bonchev–Trinajstić information content (AvgIpc) is 3.01. The molecule has 6 nitrogen and oxygen atoms in total. The first-order chi connectivity index (χ1) is 13.5. The number of hydrogen-bond acceptors (Lipinski definition) is 4. The highest BCUT2D eigenvalue weighted by molar-refractivity contribution is 9.10. The summed E-state index contributed by atoms with van der Waals surface area (Å²) in [4.78, 5) is 38.5. The Morgan fingerprint density at radius 2 is 1.93 bits per heavy atom. The van der Waals surface area contributed by atoms with Crippen molar-refractivity contribution in [2.24, 2.45) is 0 Å². The highest BCUT2D eigenvalue weighted by Gasteiger charge is 2.26. The summed E-state index contributed by atoms with van der Waals surface area (Å²) >= 11 is 4.38. The number of carbonyl (C=O) groups excluding carboxylic acids is 3. The molecule has 2 saturated heterocycles. The molecule has 28 heavy (non-hydrogen) atoms. The maximum absolute atomic E-state index is 12.8. The van der Waals surface area contributed by atoms with Crippen LogP contribution in [-0.2, 0) is 16.1 Å². The summed E-state index contributed by atoms with van der Waals surface area (Å²) in [5, 5.41) is 2.84. The van der Waals surface area contributed by atoms with Gasteiger partial charge in [0.05, 0.1) is 4.91 Å². The largest absolute Gasteiger partial charge is 0.341 e. The molecule has 2 aliphatic rings. The predicted molar refractivity (Wildman–Crippen MR) is 114 cm³/mol. The number of halogens is 1. The third-order valence-corrected chi connectivity index (χ3v) is 6.37. The zero-order chi connectivity index (χ0) is 19.7. The molecule has 0 aliphatic carbocycles. The number of imide groups is 1. The summed E-state index contributed by atoms with van der Waals surface area (Å²) in [6.07, 6.45) is 8.08. The quantitative estimate of drug-likeness (QED) is 0.697. The van der Waals surface area contributed by atoms with Crippen molar-refractivity contribution in [3.05, 3.63) is 39.3 Å². The maximum Gasteiger partial charge on any atom is 0.290 e. The molecule has 8 heteroatoms. The van der Waals surface area contributed by atoms with Gasteiger partial charge in [-0.05, 0) is 48.9 Å². The van der Waals surface area contributed by atoms with Crippen molar-refractivity contribution in [3.8, 4) is 0 Å². The molecule has 0 unspecified atom stereocenters. The lowest BCUT2D eigenvalue weighted by atomic mass is 10.1. The summed E-state index contributed by atoms with van der Waals surface area (Å²) in [6.45, 7) is 1.90. The van der Waals surface area contributed by atoms with Gasteiger partial charge >= 0.3 is 0 Å². The minimum Gasteiger partial charge on any atom is -0.341 e. The van der Waals surface area contributed by atoms with Gasteiger partial charge in [0, 0.05) is 40.2 Å². The SMILES string of the molecule is O=C1NC(=O)/C(=C/c2cn(CC(=O)N3CCCCCC3)c3ccc(Br)cc23)S1. The molecule has 2 aromatic rings. The predicted octanol–water partition coefficient (Wildman–Crippen LogP) is 4.13. The summed E-state index contributed by atoms with van der Waals surface area (Å²) in [7, 11) is 0. The van der Waals surface area contributed by atoms with Gasteiger partial charge < -0.3 is 9.47 Å². The highest BCUT2D eigenvalue weighted by atomic mass is 79.9. The summed E-state index contributed by atoms with van der Waals surface area (Å²) in [5.41, 5.74) is 1.74. The Hall–Kier alpha value is -2.06. The summed E-state index contributed by atoms with van der Waals surface area (Å²) in [5.74, 6) is -0.268. The van der Waals surface area contributed by atoms with Gasteiger partial charge in [-0.2, -0.15) is 0 Å². The molecule has 1 aromatic heterocycles. The Bertz CT molecular complexity index is 990. The number of thioether (sulfide) groups is 1. The molecule has 2 aliphatic heterocycles. The Morgan fingerprint density at radius 3 is 2.61 bits per heavy atom. The lowest BCUT2D eigenvalue weighted by Crippen LogP contribution is -2.34. The minimum absolute atomic E-state index is 0.115. The molecule has 3 amide bonds. The number of aromatic nitrogens is 1. The van der Waals surface area contributed by atoms with E-state index >= 15 is 0 Å². The molecular weight excluding hydrogens is 442 g/mol. The van der Waals surface area contributed by atoms with Gasteiger partial charge in [0.25, 0.3) is 11.1 Å². The van der Waals surface area contributed by atoms with Gasteiger partial charge in [-0.1, -0.05) is 28.8 Å². The first-order valence-electron chi connectivity index (χ1n) is 9.32. The van der Waals surface area contributed by atoms with E-state index in [2.05, 4.69) is 21.2 Å². The van der Waals surface area contributed by atoms with Gasteiger partial charge in [-0.25, -0.2) is 0 Å². The zero-order valence-electron chi connectivity index (χ0n) is 15.2. The number of amides is 3. The van der Waals surface area contributed by atoms with Crippen molar-refractivity contribution in [2.75, 3.05) is 13.1 Å². The fraction of sp³-hybridized carbons (Fsp3) is 0.350. The third-order valence-electron chi connectivity index (χ3n) is 5.07. The van der Waals surface area contributed by atoms with Crippen LogP contribution in [-0.4, -0.2) is 39.6 Å². The molecular formula is C20H20BrN3O3S. The van der Waals surface area contributed by atoms with Gasteiger partial charge in [0.2, 0.25) is 5.91 Å². The van der Waals surface area contributed by atoms with Crippen LogP contribution in [0.4, 0.5) is 4.79 Å². The lowest BCUT2D eigenvalue weighted by molar-refractivity contribution is -0.131. The molecule has 0 saturated carbocycles. The standard InChI is InChI=1S/C20H20BrN3O3S/c21-14-5-6-16-15(10-14)13(9-17-19(26)22-20(27)28-17)11-24(16)12-18(25)23-7-3-1-2-4-8-23/h5-6,9-11H,1-4,7-8,12H2,(H,22,26,27)/b17-9-. The van der Waals surface area contributed by atoms with E-state index in [9.17, 15) is 14.4 Å². The fourth-order valence-corrected chi connectivity index (χ4v) is 4.70. The van der Waals surface area contributed by atoms with Crippen LogP contribution in [0.15, 0.2) is 33.8 Å². The number of nitrogens with one attached hydrogen (secondary N) is 1. The van der Waals surface area contributed by atoms with Crippen LogP contribution < -0.4 is 5.32 Å². The second-order valence-electron chi connectivity index (χ2n) is 7.02. The van der Waals surface area contributed by atoms with Crippen molar-refractivity contribution < 1.29 is 14.4 Å². The molecule has 1 N–H and O–H groups in total. The summed E-state index contributed by atoms with van der Waals surface area (Å²) < 4.78 is 2.84. The van der Waals surface area contributed by atoms with Crippen molar-refractivity contribution in [1.82, 2.24) is 14.8 Å². The van der Waals surface area contributed by atoms with Crippen molar-refractivity contribution >= 4 is 61.7 Å². The second-order valence-corrected chi connectivity index (χ2v) is 8.95. The Balaban J connectivity index is 1.67. The Labute approximate surface area is 175 Å². The maximum atomic E-state index is 12.8. The van der Waals surface area contributed by atoms with Crippen LogP contribution in [0, 0.1) is 0 Å². The van der Waals surface area contributed by atoms with E-state index in [-0.39, 0.29) is 23.6 Å². The van der Waals surface area contributed by atoms with Gasteiger partial charge in [-0.3, -0.25) is 19.7 Å². The minimum atomic E-state index is -0.383. The van der Waals surface area contributed by atoms with E-state index in [0.717, 1.165) is 58.6 Å². The molecule has 1 aromatic carbocycles. The van der Waals surface area contributed by atoms with E-state index < -0.39 is 0 Å². The number of hydrogen-bond donors (Lipinski definition) is 1. The van der Waals surface area contributed by atoms with Gasteiger partial charge in [0.15, 0.2) is 0 Å². The summed E-state index contributed by atoms with van der Waals surface area (Å²) in [6, 6.07) is 5.87. The smallest absolute Gasteiger partial charge is 0.290 e. The van der Waals surface area contributed by atoms with Crippen LogP contribution in [0.25, 0.3) is 17.0 Å². The number of fused-ring (bicyclic) bond motifs is 1. The van der Waals surface area contributed by atoms with Gasteiger partial charge in [0.1, 0.15) is 6.54 Å². The van der Waals surface area contributed by atoms with Crippen molar-refractivity contribution in [3.63, 3.8) is 0 Å². The highest BCUT2D eigenvalue weighted by Crippen LogP contribution is 2.31. The molecule has 0 bridgehead atoms. The molecule has 0 radical (unpaired) electrons. The monoisotopic (exact) mass is 461 g/mol. The van der Waals surface area contributed by atoms with E-state index in [1.54, 1.807) is 6.08 Å². The number of rotatable bonds is 3. The van der Waals surface area contributed by atoms with E-state index in [4.69, 9.17) is 0 Å². The van der Waals surface area contributed by atoms with E-state index in [1.165, 1.54) is 12.8 Å². The van der Waals surface area contributed by atoms with Crippen LogP contribution in [0.1, 0.15) is 31.2 Å². The normalized spacial score (nSPS) is 19.3. The fourth-order valence-electron chi connectivity index (χ4n) is 3.67. The number of benzene rings is 1. The van der Waals surface area contributed by atoms with E-state index in [0.29, 0.717) is 4.91 Å². The number of nitrogens with zero attached hydrogens (tertiary/aromatic N) is 2. The molecule has 2 fully saturated rings. The van der Waals surface area contributed by atoms with Crippen LogP contribution in [0.5, 0.6) is 0 Å². The second kappa shape index (κ2) is 8.13.